The second-order valence-electron chi connectivity index (χ2n) is 4.66. The standard InChI is InChI=1S/C17H18N2O4/c1-22-14-9-8-12(10-15(14)23-2)11-18-19-17(21)16(20)13-6-4-3-5-7-13/h3-11,16,20H,1-2H3,(H,19,21)/b18-11-/t16-/m1/s1. The van der Waals surface area contributed by atoms with Crippen molar-refractivity contribution in [1.82, 2.24) is 5.43 Å². The zero-order valence-corrected chi connectivity index (χ0v) is 12.9. The number of benzene rings is 2. The van der Waals surface area contributed by atoms with Gasteiger partial charge < -0.3 is 14.6 Å². The van der Waals surface area contributed by atoms with E-state index in [-0.39, 0.29) is 0 Å². The molecule has 6 heteroatoms. The van der Waals surface area contributed by atoms with Gasteiger partial charge in [-0.3, -0.25) is 4.79 Å². The number of carbonyl (C=O) groups is 1. The van der Waals surface area contributed by atoms with Crippen molar-refractivity contribution in [2.45, 2.75) is 6.10 Å². The van der Waals surface area contributed by atoms with Gasteiger partial charge in [-0.1, -0.05) is 30.3 Å². The smallest absolute Gasteiger partial charge is 0.273 e. The zero-order chi connectivity index (χ0) is 16.7. The van der Waals surface area contributed by atoms with E-state index in [1.165, 1.54) is 13.3 Å². The number of hydrogen-bond acceptors (Lipinski definition) is 5. The number of nitrogens with zero attached hydrogens (tertiary/aromatic N) is 1. The van der Waals surface area contributed by atoms with Gasteiger partial charge in [-0.15, -0.1) is 0 Å². The number of methoxy groups -OCH3 is 2. The van der Waals surface area contributed by atoms with Crippen LogP contribution in [-0.4, -0.2) is 31.4 Å². The van der Waals surface area contributed by atoms with Gasteiger partial charge in [-0.05, 0) is 29.3 Å². The normalized spacial score (nSPS) is 12.0. The molecule has 0 radical (unpaired) electrons. The van der Waals surface area contributed by atoms with Crippen molar-refractivity contribution >= 4 is 12.1 Å². The van der Waals surface area contributed by atoms with Crippen molar-refractivity contribution in [1.29, 1.82) is 0 Å². The molecule has 0 saturated carbocycles. The van der Waals surface area contributed by atoms with Crippen LogP contribution < -0.4 is 14.9 Å². The van der Waals surface area contributed by atoms with E-state index in [1.54, 1.807) is 49.6 Å². The Labute approximate surface area is 134 Å². The van der Waals surface area contributed by atoms with Gasteiger partial charge >= 0.3 is 0 Å². The maximum Gasteiger partial charge on any atom is 0.273 e. The number of amides is 1. The highest BCUT2D eigenvalue weighted by Crippen LogP contribution is 2.26. The molecule has 0 bridgehead atoms. The van der Waals surface area contributed by atoms with Gasteiger partial charge in [0.25, 0.3) is 5.91 Å². The number of hydrazone groups is 1. The van der Waals surface area contributed by atoms with Gasteiger partial charge in [0.05, 0.1) is 20.4 Å². The first-order valence-corrected chi connectivity index (χ1v) is 6.93. The number of aliphatic hydroxyl groups is 1. The number of hydrogen-bond donors (Lipinski definition) is 2. The van der Waals surface area contributed by atoms with Gasteiger partial charge in [0, 0.05) is 0 Å². The minimum Gasteiger partial charge on any atom is -0.493 e. The Morgan fingerprint density at radius 3 is 2.48 bits per heavy atom. The molecule has 1 amide bonds. The Balaban J connectivity index is 2.00. The summed E-state index contributed by atoms with van der Waals surface area (Å²) >= 11 is 0. The molecule has 0 spiro atoms. The first-order chi connectivity index (χ1) is 11.2. The highest BCUT2D eigenvalue weighted by molar-refractivity contribution is 5.85. The molecule has 0 heterocycles. The molecule has 0 aliphatic carbocycles. The molecule has 2 N–H and O–H groups in total. The van der Waals surface area contributed by atoms with E-state index >= 15 is 0 Å². The van der Waals surface area contributed by atoms with Gasteiger partial charge in [0.15, 0.2) is 17.6 Å². The second kappa shape index (κ2) is 7.95. The first kappa shape index (κ1) is 16.5. The third-order valence-corrected chi connectivity index (χ3v) is 3.16. The molecule has 2 aromatic carbocycles. The van der Waals surface area contributed by atoms with Crippen LogP contribution in [0, 0.1) is 0 Å². The van der Waals surface area contributed by atoms with Crippen molar-refractivity contribution in [3.63, 3.8) is 0 Å². The number of carbonyl (C=O) groups excluding carboxylic acids is 1. The van der Waals surface area contributed by atoms with Crippen LogP contribution in [0.25, 0.3) is 0 Å². The summed E-state index contributed by atoms with van der Waals surface area (Å²) in [6.45, 7) is 0. The Bertz CT molecular complexity index is 686. The largest absolute Gasteiger partial charge is 0.493 e. The molecule has 0 aliphatic rings. The fourth-order valence-corrected chi connectivity index (χ4v) is 1.95. The van der Waals surface area contributed by atoms with Crippen molar-refractivity contribution < 1.29 is 19.4 Å². The van der Waals surface area contributed by atoms with E-state index in [9.17, 15) is 9.90 Å². The maximum absolute atomic E-state index is 11.8. The highest BCUT2D eigenvalue weighted by Gasteiger charge is 2.15. The predicted molar refractivity (Wildman–Crippen MR) is 86.7 cm³/mol. The van der Waals surface area contributed by atoms with Gasteiger partial charge in [0.1, 0.15) is 0 Å². The maximum atomic E-state index is 11.8. The molecule has 2 aromatic rings. The van der Waals surface area contributed by atoms with Gasteiger partial charge in [-0.2, -0.15) is 5.10 Å². The lowest BCUT2D eigenvalue weighted by Crippen LogP contribution is -2.25. The van der Waals surface area contributed by atoms with Crippen LogP contribution in [0.3, 0.4) is 0 Å². The third kappa shape index (κ3) is 4.31. The van der Waals surface area contributed by atoms with Crippen LogP contribution >= 0.6 is 0 Å². The Hall–Kier alpha value is -2.86. The molecule has 0 aromatic heterocycles. The van der Waals surface area contributed by atoms with Crippen molar-refractivity contribution in [3.05, 3.63) is 59.7 Å². The van der Waals surface area contributed by atoms with E-state index in [4.69, 9.17) is 9.47 Å². The van der Waals surface area contributed by atoms with Crippen LogP contribution in [0.2, 0.25) is 0 Å². The zero-order valence-electron chi connectivity index (χ0n) is 12.9. The molecular weight excluding hydrogens is 296 g/mol. The molecule has 0 fully saturated rings. The summed E-state index contributed by atoms with van der Waals surface area (Å²) in [7, 11) is 3.09. The fraction of sp³-hybridized carbons (Fsp3) is 0.176. The van der Waals surface area contributed by atoms with Crippen LogP contribution in [0.4, 0.5) is 0 Å². The lowest BCUT2D eigenvalue weighted by Gasteiger charge is -2.09. The lowest BCUT2D eigenvalue weighted by molar-refractivity contribution is -0.129. The van der Waals surface area contributed by atoms with Crippen LogP contribution in [0.1, 0.15) is 17.2 Å². The molecule has 2 rings (SSSR count). The first-order valence-electron chi connectivity index (χ1n) is 6.93. The Morgan fingerprint density at radius 2 is 1.83 bits per heavy atom. The monoisotopic (exact) mass is 314 g/mol. The van der Waals surface area contributed by atoms with E-state index in [0.29, 0.717) is 17.1 Å². The van der Waals surface area contributed by atoms with Gasteiger partial charge in [0.2, 0.25) is 0 Å². The Kier molecular flexibility index (Phi) is 5.71. The van der Waals surface area contributed by atoms with Gasteiger partial charge in [-0.25, -0.2) is 5.43 Å². The average Bonchev–Trinajstić information content (AvgIpc) is 2.61. The molecule has 23 heavy (non-hydrogen) atoms. The number of aliphatic hydroxyl groups excluding tert-OH is 1. The number of ether oxygens (including phenoxy) is 2. The van der Waals surface area contributed by atoms with Crippen molar-refractivity contribution in [2.75, 3.05) is 14.2 Å². The summed E-state index contributed by atoms with van der Waals surface area (Å²) in [6, 6.07) is 13.9. The molecule has 0 saturated heterocycles. The third-order valence-electron chi connectivity index (χ3n) is 3.16. The molecule has 0 aliphatic heterocycles. The Morgan fingerprint density at radius 1 is 1.13 bits per heavy atom. The van der Waals surface area contributed by atoms with E-state index in [2.05, 4.69) is 10.5 Å². The molecular formula is C17H18N2O4. The summed E-state index contributed by atoms with van der Waals surface area (Å²) in [5.41, 5.74) is 3.53. The number of rotatable bonds is 6. The molecule has 120 valence electrons. The van der Waals surface area contributed by atoms with Crippen LogP contribution in [-0.2, 0) is 4.79 Å². The minimum absolute atomic E-state index is 0.506. The summed E-state index contributed by atoms with van der Waals surface area (Å²) in [5, 5.41) is 13.8. The average molecular weight is 314 g/mol. The summed E-state index contributed by atoms with van der Waals surface area (Å²) in [4.78, 5) is 11.8. The predicted octanol–water partition coefficient (Wildman–Crippen LogP) is 1.89. The van der Waals surface area contributed by atoms with Crippen molar-refractivity contribution in [2.24, 2.45) is 5.10 Å². The second-order valence-corrected chi connectivity index (χ2v) is 4.66. The van der Waals surface area contributed by atoms with E-state index in [0.717, 1.165) is 5.56 Å². The SMILES string of the molecule is COc1ccc(/C=N\NC(=O)[C@H](O)c2ccccc2)cc1OC. The van der Waals surface area contributed by atoms with E-state index in [1.807, 2.05) is 6.07 Å². The fourth-order valence-electron chi connectivity index (χ4n) is 1.95. The summed E-state index contributed by atoms with van der Waals surface area (Å²) in [6.07, 6.45) is 0.191. The number of nitrogens with one attached hydrogen (secondary N) is 1. The highest BCUT2D eigenvalue weighted by atomic mass is 16.5. The molecule has 6 nitrogen and oxygen atoms in total. The topological polar surface area (TPSA) is 80.2 Å². The summed E-state index contributed by atoms with van der Waals surface area (Å²) in [5.74, 6) is 0.563. The quantitative estimate of drug-likeness (QED) is 0.630. The van der Waals surface area contributed by atoms with Crippen LogP contribution in [0.15, 0.2) is 53.6 Å². The lowest BCUT2D eigenvalue weighted by atomic mass is 10.1. The molecule has 0 unspecified atom stereocenters. The minimum atomic E-state index is -1.27. The van der Waals surface area contributed by atoms with Crippen LogP contribution in [0.5, 0.6) is 11.5 Å². The molecule has 1 atom stereocenters. The van der Waals surface area contributed by atoms with Crippen molar-refractivity contribution in [3.8, 4) is 11.5 Å². The summed E-state index contributed by atoms with van der Waals surface area (Å²) < 4.78 is 10.3. The van der Waals surface area contributed by atoms with E-state index < -0.39 is 12.0 Å².